The number of carbonyl (C=O) groups excluding carboxylic acids is 2. The number of hydrogen-bond acceptors (Lipinski definition) is 4. The molecule has 0 aliphatic carbocycles. The van der Waals surface area contributed by atoms with Crippen molar-refractivity contribution >= 4 is 18.0 Å². The SMILES string of the molecule is COC(=O)C(C)NC(=O)NC(CC(=O)O)CC(C)(C)C. The smallest absolute Gasteiger partial charge is 0.328 e. The molecule has 0 fully saturated rings. The van der Waals surface area contributed by atoms with Gasteiger partial charge >= 0.3 is 18.0 Å². The molecular weight excluding hydrogens is 264 g/mol. The van der Waals surface area contributed by atoms with E-state index in [1.165, 1.54) is 14.0 Å². The molecule has 0 spiro atoms. The van der Waals surface area contributed by atoms with Crippen LogP contribution in [0.1, 0.15) is 40.5 Å². The number of methoxy groups -OCH3 is 1. The summed E-state index contributed by atoms with van der Waals surface area (Å²) in [5, 5.41) is 13.8. The van der Waals surface area contributed by atoms with Crippen LogP contribution in [0, 0.1) is 5.41 Å². The second-order valence-corrected chi connectivity index (χ2v) is 5.92. The first-order chi connectivity index (χ1) is 9.05. The van der Waals surface area contributed by atoms with Gasteiger partial charge in [0, 0.05) is 6.04 Å². The normalized spacial score (nSPS) is 14.1. The molecule has 0 aromatic heterocycles. The fraction of sp³-hybridized carbons (Fsp3) is 0.769. The van der Waals surface area contributed by atoms with E-state index >= 15 is 0 Å². The Labute approximate surface area is 119 Å². The number of aliphatic carboxylic acids is 1. The van der Waals surface area contributed by atoms with Gasteiger partial charge in [0.05, 0.1) is 13.5 Å². The van der Waals surface area contributed by atoms with Gasteiger partial charge in [0.25, 0.3) is 0 Å². The number of amides is 2. The van der Waals surface area contributed by atoms with Gasteiger partial charge < -0.3 is 20.5 Å². The summed E-state index contributed by atoms with van der Waals surface area (Å²) >= 11 is 0. The molecule has 2 amide bonds. The lowest BCUT2D eigenvalue weighted by Crippen LogP contribution is -2.49. The molecule has 2 atom stereocenters. The van der Waals surface area contributed by atoms with Gasteiger partial charge in [0.1, 0.15) is 6.04 Å². The van der Waals surface area contributed by atoms with Crippen LogP contribution < -0.4 is 10.6 Å². The van der Waals surface area contributed by atoms with E-state index in [0.29, 0.717) is 6.42 Å². The van der Waals surface area contributed by atoms with E-state index in [1.807, 2.05) is 20.8 Å². The standard InChI is InChI=1S/C13H24N2O5/c1-8(11(18)20-5)14-12(19)15-9(6-10(16)17)7-13(2,3)4/h8-9H,6-7H2,1-5H3,(H,16,17)(H2,14,15,19). The minimum atomic E-state index is -0.986. The fourth-order valence-electron chi connectivity index (χ4n) is 1.78. The highest BCUT2D eigenvalue weighted by Crippen LogP contribution is 2.22. The van der Waals surface area contributed by atoms with Crippen LogP contribution in [0.2, 0.25) is 0 Å². The van der Waals surface area contributed by atoms with Crippen molar-refractivity contribution in [1.82, 2.24) is 10.6 Å². The van der Waals surface area contributed by atoms with Gasteiger partial charge in [-0.3, -0.25) is 4.79 Å². The molecule has 7 heteroatoms. The third-order valence-electron chi connectivity index (χ3n) is 2.52. The van der Waals surface area contributed by atoms with Gasteiger partial charge in [-0.1, -0.05) is 20.8 Å². The Bertz CT molecular complexity index is 362. The molecule has 0 radical (unpaired) electrons. The number of nitrogens with one attached hydrogen (secondary N) is 2. The van der Waals surface area contributed by atoms with Crippen LogP contribution in [-0.4, -0.2) is 42.3 Å². The van der Waals surface area contributed by atoms with Crippen molar-refractivity contribution in [3.05, 3.63) is 0 Å². The van der Waals surface area contributed by atoms with Crippen LogP contribution in [0.15, 0.2) is 0 Å². The molecule has 0 aromatic rings. The van der Waals surface area contributed by atoms with Crippen molar-refractivity contribution < 1.29 is 24.2 Å². The van der Waals surface area contributed by atoms with E-state index in [9.17, 15) is 14.4 Å². The Morgan fingerprint density at radius 2 is 1.75 bits per heavy atom. The minimum Gasteiger partial charge on any atom is -0.481 e. The molecule has 2 unspecified atom stereocenters. The Balaban J connectivity index is 4.53. The summed E-state index contributed by atoms with van der Waals surface area (Å²) in [4.78, 5) is 33.7. The zero-order valence-corrected chi connectivity index (χ0v) is 12.6. The monoisotopic (exact) mass is 288 g/mol. The summed E-state index contributed by atoms with van der Waals surface area (Å²) in [6, 6.07) is -1.88. The summed E-state index contributed by atoms with van der Waals surface area (Å²) < 4.78 is 4.49. The average Bonchev–Trinajstić information content (AvgIpc) is 2.23. The number of ether oxygens (including phenoxy) is 1. The Hall–Kier alpha value is -1.79. The molecule has 3 N–H and O–H groups in total. The number of carbonyl (C=O) groups is 3. The number of carboxylic acid groups (broad SMARTS) is 1. The Kier molecular flexibility index (Phi) is 7.02. The molecule has 0 saturated heterocycles. The average molecular weight is 288 g/mol. The largest absolute Gasteiger partial charge is 0.481 e. The van der Waals surface area contributed by atoms with Gasteiger partial charge in [0.15, 0.2) is 0 Å². The summed E-state index contributed by atoms with van der Waals surface area (Å²) in [5.41, 5.74) is -0.124. The fourth-order valence-corrected chi connectivity index (χ4v) is 1.78. The van der Waals surface area contributed by atoms with Crippen LogP contribution >= 0.6 is 0 Å². The number of urea groups is 1. The van der Waals surface area contributed by atoms with Crippen LogP contribution in [0.3, 0.4) is 0 Å². The molecule has 116 valence electrons. The first kappa shape index (κ1) is 18.2. The Morgan fingerprint density at radius 3 is 2.15 bits per heavy atom. The molecule has 0 bridgehead atoms. The van der Waals surface area contributed by atoms with Crippen molar-refractivity contribution in [1.29, 1.82) is 0 Å². The maximum Gasteiger partial charge on any atom is 0.328 e. The summed E-state index contributed by atoms with van der Waals surface area (Å²) in [5.74, 6) is -1.55. The summed E-state index contributed by atoms with van der Waals surface area (Å²) in [6.45, 7) is 7.36. The quantitative estimate of drug-likeness (QED) is 0.635. The van der Waals surface area contributed by atoms with Crippen molar-refractivity contribution in [2.75, 3.05) is 7.11 Å². The first-order valence-electron chi connectivity index (χ1n) is 6.42. The van der Waals surface area contributed by atoms with Gasteiger partial charge in [-0.25, -0.2) is 9.59 Å². The number of hydrogen-bond donors (Lipinski definition) is 3. The van der Waals surface area contributed by atoms with Crippen molar-refractivity contribution in [2.45, 2.75) is 52.6 Å². The molecule has 0 aliphatic rings. The van der Waals surface area contributed by atoms with E-state index in [1.54, 1.807) is 0 Å². The van der Waals surface area contributed by atoms with Crippen LogP contribution in [-0.2, 0) is 14.3 Å². The third kappa shape index (κ3) is 8.34. The number of esters is 1. The van der Waals surface area contributed by atoms with E-state index in [-0.39, 0.29) is 11.8 Å². The van der Waals surface area contributed by atoms with Crippen LogP contribution in [0.4, 0.5) is 4.79 Å². The molecule has 0 rings (SSSR count). The molecular formula is C13H24N2O5. The van der Waals surface area contributed by atoms with Crippen molar-refractivity contribution in [2.24, 2.45) is 5.41 Å². The van der Waals surface area contributed by atoms with E-state index in [2.05, 4.69) is 15.4 Å². The lowest BCUT2D eigenvalue weighted by molar-refractivity contribution is -0.142. The second-order valence-electron chi connectivity index (χ2n) is 5.92. The summed E-state index contributed by atoms with van der Waals surface area (Å²) in [7, 11) is 1.23. The van der Waals surface area contributed by atoms with Gasteiger partial charge in [-0.15, -0.1) is 0 Å². The summed E-state index contributed by atoms with van der Waals surface area (Å²) in [6.07, 6.45) is 0.344. The molecule has 0 aliphatic heterocycles. The van der Waals surface area contributed by atoms with E-state index < -0.39 is 30.1 Å². The third-order valence-corrected chi connectivity index (χ3v) is 2.52. The molecule has 0 saturated carbocycles. The second kappa shape index (κ2) is 7.72. The highest BCUT2D eigenvalue weighted by molar-refractivity contribution is 5.83. The van der Waals surface area contributed by atoms with Crippen LogP contribution in [0.25, 0.3) is 0 Å². The first-order valence-corrected chi connectivity index (χ1v) is 6.42. The molecule has 0 aromatic carbocycles. The number of rotatable bonds is 6. The van der Waals surface area contributed by atoms with Crippen molar-refractivity contribution in [3.63, 3.8) is 0 Å². The molecule has 0 heterocycles. The molecule has 7 nitrogen and oxygen atoms in total. The van der Waals surface area contributed by atoms with E-state index in [4.69, 9.17) is 5.11 Å². The maximum absolute atomic E-state index is 11.7. The van der Waals surface area contributed by atoms with Crippen LogP contribution in [0.5, 0.6) is 0 Å². The number of carboxylic acids is 1. The van der Waals surface area contributed by atoms with Gasteiger partial charge in [0.2, 0.25) is 0 Å². The lowest BCUT2D eigenvalue weighted by Gasteiger charge is -2.26. The topological polar surface area (TPSA) is 105 Å². The highest BCUT2D eigenvalue weighted by atomic mass is 16.5. The van der Waals surface area contributed by atoms with E-state index in [0.717, 1.165) is 0 Å². The van der Waals surface area contributed by atoms with Crippen molar-refractivity contribution in [3.8, 4) is 0 Å². The lowest BCUT2D eigenvalue weighted by atomic mass is 9.87. The Morgan fingerprint density at radius 1 is 1.20 bits per heavy atom. The van der Waals surface area contributed by atoms with Gasteiger partial charge in [-0.05, 0) is 18.8 Å². The predicted molar refractivity (Wildman–Crippen MR) is 73.3 cm³/mol. The minimum absolute atomic E-state index is 0.124. The zero-order chi connectivity index (χ0) is 15.9. The maximum atomic E-state index is 11.7. The zero-order valence-electron chi connectivity index (χ0n) is 12.6. The van der Waals surface area contributed by atoms with Gasteiger partial charge in [-0.2, -0.15) is 0 Å². The molecule has 20 heavy (non-hydrogen) atoms. The highest BCUT2D eigenvalue weighted by Gasteiger charge is 2.24. The predicted octanol–water partition coefficient (Wildman–Crippen LogP) is 1.13.